The molecule has 1 heterocycles. The molecule has 1 aliphatic heterocycles. The second-order valence-electron chi connectivity index (χ2n) is 1.32. The fourth-order valence-electron chi connectivity index (χ4n) is 0.398. The number of rotatable bonds is 1. The molecule has 0 fully saturated rings. The Hall–Kier alpha value is -0.700. The summed E-state index contributed by atoms with van der Waals surface area (Å²) in [6, 6.07) is -0.0694. The van der Waals surface area contributed by atoms with Gasteiger partial charge in [0.15, 0.2) is 0 Å². The largest absolute Gasteiger partial charge is 0.394 e. The summed E-state index contributed by atoms with van der Waals surface area (Å²) in [5.74, 6) is 0. The van der Waals surface area contributed by atoms with Crippen LogP contribution >= 0.6 is 0 Å². The van der Waals surface area contributed by atoms with E-state index in [0.717, 1.165) is 0 Å². The van der Waals surface area contributed by atoms with E-state index < -0.39 is 0 Å². The molecule has 0 saturated carbocycles. The molecule has 1 N–H and O–H groups in total. The van der Waals surface area contributed by atoms with E-state index in [2.05, 4.69) is 10.2 Å². The van der Waals surface area contributed by atoms with Gasteiger partial charge in [-0.2, -0.15) is 10.2 Å². The second-order valence-corrected chi connectivity index (χ2v) is 1.32. The fraction of sp³-hybridized carbons (Fsp3) is 0.500. The third-order valence-electron chi connectivity index (χ3n) is 0.777. The molecule has 0 amide bonds. The molecule has 0 aromatic rings. The predicted octanol–water partition coefficient (Wildman–Crippen LogP) is 0.327. The van der Waals surface area contributed by atoms with Crippen molar-refractivity contribution in [3.63, 3.8) is 0 Å². The van der Waals surface area contributed by atoms with Crippen LogP contribution in [0.3, 0.4) is 0 Å². The summed E-state index contributed by atoms with van der Waals surface area (Å²) in [4.78, 5) is 0. The zero-order valence-corrected chi connectivity index (χ0v) is 3.78. The van der Waals surface area contributed by atoms with Crippen LogP contribution in [0, 0.1) is 0 Å². The maximum absolute atomic E-state index is 8.36. The minimum absolute atomic E-state index is 0.0694. The first-order valence-electron chi connectivity index (χ1n) is 2.11. The van der Waals surface area contributed by atoms with Crippen molar-refractivity contribution >= 4 is 0 Å². The molecule has 1 aliphatic rings. The second kappa shape index (κ2) is 1.84. The van der Waals surface area contributed by atoms with Crippen molar-refractivity contribution in [3.8, 4) is 0 Å². The highest BCUT2D eigenvalue weighted by Crippen LogP contribution is 2.00. The Balaban J connectivity index is 2.44. The van der Waals surface area contributed by atoms with Gasteiger partial charge >= 0.3 is 0 Å². The molecule has 0 bridgehead atoms. The molecule has 0 radical (unpaired) electrons. The Labute approximate surface area is 41.4 Å². The summed E-state index contributed by atoms with van der Waals surface area (Å²) < 4.78 is 0. The molecule has 0 aromatic carbocycles. The minimum atomic E-state index is -0.0694. The van der Waals surface area contributed by atoms with Gasteiger partial charge in [-0.25, -0.2) is 0 Å². The summed E-state index contributed by atoms with van der Waals surface area (Å²) in [6.45, 7) is 0.0694. The molecular formula is C4H6N2O. The lowest BCUT2D eigenvalue weighted by Gasteiger charge is -1.90. The number of aliphatic hydroxyl groups excluding tert-OH is 1. The van der Waals surface area contributed by atoms with Crippen molar-refractivity contribution in [1.29, 1.82) is 0 Å². The Morgan fingerprint density at radius 1 is 1.71 bits per heavy atom. The molecule has 3 heteroatoms. The molecule has 38 valence electrons. The highest BCUT2D eigenvalue weighted by Gasteiger charge is 2.00. The molecule has 3 nitrogen and oxygen atoms in total. The van der Waals surface area contributed by atoms with Crippen LogP contribution in [0.2, 0.25) is 0 Å². The van der Waals surface area contributed by atoms with Crippen molar-refractivity contribution in [2.24, 2.45) is 10.2 Å². The molecule has 0 unspecified atom stereocenters. The van der Waals surface area contributed by atoms with E-state index in [1.807, 2.05) is 0 Å². The SMILES string of the molecule is OC[C@@H]1C=CN=N1. The van der Waals surface area contributed by atoms with Crippen LogP contribution in [0.1, 0.15) is 0 Å². The van der Waals surface area contributed by atoms with E-state index in [-0.39, 0.29) is 12.6 Å². The van der Waals surface area contributed by atoms with E-state index in [1.54, 1.807) is 12.3 Å². The molecular weight excluding hydrogens is 92.1 g/mol. The van der Waals surface area contributed by atoms with E-state index in [4.69, 9.17) is 5.11 Å². The maximum Gasteiger partial charge on any atom is 0.114 e. The van der Waals surface area contributed by atoms with E-state index in [0.29, 0.717) is 0 Å². The van der Waals surface area contributed by atoms with Gasteiger partial charge in [-0.3, -0.25) is 0 Å². The van der Waals surface area contributed by atoms with Crippen LogP contribution < -0.4 is 0 Å². The quantitative estimate of drug-likeness (QED) is 0.504. The van der Waals surface area contributed by atoms with Crippen molar-refractivity contribution in [1.82, 2.24) is 0 Å². The Kier molecular flexibility index (Phi) is 1.17. The van der Waals surface area contributed by atoms with Gasteiger partial charge in [-0.1, -0.05) is 0 Å². The first kappa shape index (κ1) is 4.46. The van der Waals surface area contributed by atoms with Gasteiger partial charge in [0.25, 0.3) is 0 Å². The topological polar surface area (TPSA) is 45.0 Å². The van der Waals surface area contributed by atoms with Crippen molar-refractivity contribution in [2.45, 2.75) is 6.04 Å². The zero-order chi connectivity index (χ0) is 5.11. The number of nitrogens with zero attached hydrogens (tertiary/aromatic N) is 2. The lowest BCUT2D eigenvalue weighted by Crippen LogP contribution is -2.01. The van der Waals surface area contributed by atoms with Gasteiger partial charge in [0.2, 0.25) is 0 Å². The number of hydrogen-bond acceptors (Lipinski definition) is 3. The van der Waals surface area contributed by atoms with Crippen LogP contribution in [-0.2, 0) is 0 Å². The lowest BCUT2D eigenvalue weighted by molar-refractivity contribution is 0.284. The van der Waals surface area contributed by atoms with E-state index >= 15 is 0 Å². The van der Waals surface area contributed by atoms with E-state index in [9.17, 15) is 0 Å². The highest BCUT2D eigenvalue weighted by molar-refractivity contribution is 4.95. The van der Waals surface area contributed by atoms with Crippen LogP contribution in [0.15, 0.2) is 22.5 Å². The van der Waals surface area contributed by atoms with Crippen molar-refractivity contribution in [2.75, 3.05) is 6.61 Å². The summed E-state index contributed by atoms with van der Waals surface area (Å²) >= 11 is 0. The Morgan fingerprint density at radius 3 is 2.86 bits per heavy atom. The molecule has 0 aromatic heterocycles. The molecule has 1 atom stereocenters. The summed E-state index contributed by atoms with van der Waals surface area (Å²) in [5, 5.41) is 15.5. The van der Waals surface area contributed by atoms with Crippen LogP contribution in [-0.4, -0.2) is 17.8 Å². The first-order valence-corrected chi connectivity index (χ1v) is 2.11. The highest BCUT2D eigenvalue weighted by atomic mass is 16.3. The Morgan fingerprint density at radius 2 is 2.57 bits per heavy atom. The molecule has 0 saturated heterocycles. The van der Waals surface area contributed by atoms with Gasteiger partial charge in [0, 0.05) is 6.20 Å². The Bertz CT molecular complexity index is 96.3. The average molecular weight is 98.1 g/mol. The molecule has 1 rings (SSSR count). The van der Waals surface area contributed by atoms with Crippen molar-refractivity contribution < 1.29 is 5.11 Å². The smallest absolute Gasteiger partial charge is 0.114 e. The third-order valence-corrected chi connectivity index (χ3v) is 0.777. The normalized spacial score (nSPS) is 26.7. The van der Waals surface area contributed by atoms with Crippen LogP contribution in [0.25, 0.3) is 0 Å². The summed E-state index contributed by atoms with van der Waals surface area (Å²) in [6.07, 6.45) is 3.33. The first-order chi connectivity index (χ1) is 3.43. The maximum atomic E-state index is 8.36. The number of hydrogen-bond donors (Lipinski definition) is 1. The van der Waals surface area contributed by atoms with Gasteiger partial charge < -0.3 is 5.11 Å². The van der Waals surface area contributed by atoms with Gasteiger partial charge in [0.05, 0.1) is 6.61 Å². The van der Waals surface area contributed by atoms with Crippen LogP contribution in [0.5, 0.6) is 0 Å². The monoisotopic (exact) mass is 98.0 g/mol. The van der Waals surface area contributed by atoms with Gasteiger partial charge in [-0.15, -0.1) is 0 Å². The average Bonchev–Trinajstić information content (AvgIpc) is 2.14. The number of aliphatic hydroxyl groups is 1. The molecule has 0 spiro atoms. The van der Waals surface area contributed by atoms with Gasteiger partial charge in [0.1, 0.15) is 6.04 Å². The fourth-order valence-corrected chi connectivity index (χ4v) is 0.398. The summed E-state index contributed by atoms with van der Waals surface area (Å²) in [5.41, 5.74) is 0. The van der Waals surface area contributed by atoms with Crippen molar-refractivity contribution in [3.05, 3.63) is 12.3 Å². The molecule has 7 heavy (non-hydrogen) atoms. The standard InChI is InChI=1S/C4H6N2O/c7-3-4-1-2-5-6-4/h1-2,4,7H,3H2/t4-/m0/s1. The lowest BCUT2D eigenvalue weighted by atomic mass is 10.3. The zero-order valence-electron chi connectivity index (χ0n) is 3.78. The van der Waals surface area contributed by atoms with Crippen LogP contribution in [0.4, 0.5) is 0 Å². The third kappa shape index (κ3) is 0.838. The van der Waals surface area contributed by atoms with E-state index in [1.165, 1.54) is 0 Å². The molecule has 0 aliphatic carbocycles. The summed E-state index contributed by atoms with van der Waals surface area (Å²) in [7, 11) is 0. The minimum Gasteiger partial charge on any atom is -0.394 e. The number of azo groups is 1. The predicted molar refractivity (Wildman–Crippen MR) is 24.9 cm³/mol. The van der Waals surface area contributed by atoms with Gasteiger partial charge in [-0.05, 0) is 6.08 Å².